The lowest BCUT2D eigenvalue weighted by molar-refractivity contribution is 0.803. The molecule has 4 aromatic rings. The van der Waals surface area contributed by atoms with Crippen molar-refractivity contribution in [2.45, 2.75) is 13.8 Å². The number of hydrogen-bond donors (Lipinski definition) is 0. The maximum absolute atomic E-state index is 4.40. The molecule has 0 saturated heterocycles. The zero-order valence-corrected chi connectivity index (χ0v) is 14.3. The minimum atomic E-state index is 0.872. The van der Waals surface area contributed by atoms with Crippen LogP contribution in [0.4, 0.5) is 0 Å². The van der Waals surface area contributed by atoms with Gasteiger partial charge >= 0.3 is 0 Å². The molecule has 25 heavy (non-hydrogen) atoms. The van der Waals surface area contributed by atoms with Crippen LogP contribution in [-0.4, -0.2) is 15.0 Å². The molecule has 3 nitrogen and oxygen atoms in total. The van der Waals surface area contributed by atoms with E-state index in [0.29, 0.717) is 0 Å². The van der Waals surface area contributed by atoms with E-state index in [-0.39, 0.29) is 0 Å². The van der Waals surface area contributed by atoms with Crippen molar-refractivity contribution in [2.75, 3.05) is 0 Å². The Hall–Kier alpha value is -3.20. The van der Waals surface area contributed by atoms with Gasteiger partial charge in [0, 0.05) is 5.56 Å². The molecule has 3 heteroatoms. The lowest BCUT2D eigenvalue weighted by Crippen LogP contribution is -1.94. The summed E-state index contributed by atoms with van der Waals surface area (Å²) in [4.78, 5) is 0. The van der Waals surface area contributed by atoms with Crippen molar-refractivity contribution in [3.05, 3.63) is 90.1 Å². The number of nitrogens with zero attached hydrogens (tertiary/aromatic N) is 3. The molecule has 122 valence electrons. The van der Waals surface area contributed by atoms with Crippen molar-refractivity contribution in [3.63, 3.8) is 0 Å². The third-order valence-electron chi connectivity index (χ3n) is 4.36. The normalized spacial score (nSPS) is 10.8. The standard InChI is InChI=1S/C22H19N3/c1-16-7-11-18(12-8-16)20-5-3-4-6-21(20)22-15-25(24-23-22)19-13-9-17(2)10-14-19/h3-15H,1-2H3. The van der Waals surface area contributed by atoms with Gasteiger partial charge in [0.05, 0.1) is 11.9 Å². The Morgan fingerprint density at radius 1 is 0.680 bits per heavy atom. The van der Waals surface area contributed by atoms with Gasteiger partial charge in [0.15, 0.2) is 0 Å². The average molecular weight is 325 g/mol. The molecule has 0 bridgehead atoms. The van der Waals surface area contributed by atoms with Crippen molar-refractivity contribution in [1.29, 1.82) is 0 Å². The Bertz CT molecular complexity index is 996. The highest BCUT2D eigenvalue weighted by molar-refractivity contribution is 5.81. The monoisotopic (exact) mass is 325 g/mol. The fourth-order valence-electron chi connectivity index (χ4n) is 2.90. The fraction of sp³-hybridized carbons (Fsp3) is 0.0909. The highest BCUT2D eigenvalue weighted by atomic mass is 15.4. The Kier molecular flexibility index (Phi) is 3.90. The first-order chi connectivity index (χ1) is 12.2. The van der Waals surface area contributed by atoms with Gasteiger partial charge < -0.3 is 0 Å². The van der Waals surface area contributed by atoms with E-state index in [1.807, 2.05) is 16.9 Å². The first-order valence-electron chi connectivity index (χ1n) is 8.36. The van der Waals surface area contributed by atoms with Crippen molar-refractivity contribution < 1.29 is 0 Å². The summed E-state index contributed by atoms with van der Waals surface area (Å²) >= 11 is 0. The van der Waals surface area contributed by atoms with Crippen molar-refractivity contribution in [3.8, 4) is 28.1 Å². The second-order valence-electron chi connectivity index (χ2n) is 6.30. The quantitative estimate of drug-likeness (QED) is 0.517. The largest absolute Gasteiger partial charge is 0.220 e. The van der Waals surface area contributed by atoms with Crippen LogP contribution in [-0.2, 0) is 0 Å². The summed E-state index contributed by atoms with van der Waals surface area (Å²) in [7, 11) is 0. The Labute approximate surface area is 147 Å². The van der Waals surface area contributed by atoms with E-state index >= 15 is 0 Å². The SMILES string of the molecule is Cc1ccc(-c2ccccc2-c2cn(-c3ccc(C)cc3)nn2)cc1. The topological polar surface area (TPSA) is 30.7 Å². The van der Waals surface area contributed by atoms with E-state index < -0.39 is 0 Å². The van der Waals surface area contributed by atoms with Crippen molar-refractivity contribution >= 4 is 0 Å². The fourth-order valence-corrected chi connectivity index (χ4v) is 2.90. The third kappa shape index (κ3) is 3.09. The molecule has 0 unspecified atom stereocenters. The van der Waals surface area contributed by atoms with E-state index in [9.17, 15) is 0 Å². The molecule has 0 spiro atoms. The van der Waals surface area contributed by atoms with Crippen LogP contribution in [0.25, 0.3) is 28.1 Å². The van der Waals surface area contributed by atoms with Crippen LogP contribution in [0.2, 0.25) is 0 Å². The van der Waals surface area contributed by atoms with Gasteiger partial charge in [-0.25, -0.2) is 4.68 Å². The first kappa shape index (κ1) is 15.3. The molecular weight excluding hydrogens is 306 g/mol. The Morgan fingerprint density at radius 3 is 1.96 bits per heavy atom. The highest BCUT2D eigenvalue weighted by Crippen LogP contribution is 2.31. The molecule has 1 aromatic heterocycles. The Morgan fingerprint density at radius 2 is 1.28 bits per heavy atom. The molecule has 3 aromatic carbocycles. The molecule has 0 saturated carbocycles. The molecule has 0 radical (unpaired) electrons. The summed E-state index contributed by atoms with van der Waals surface area (Å²) in [5, 5.41) is 8.71. The van der Waals surface area contributed by atoms with E-state index in [0.717, 1.165) is 16.9 Å². The lowest BCUT2D eigenvalue weighted by atomic mass is 9.97. The van der Waals surface area contributed by atoms with Gasteiger partial charge in [0.1, 0.15) is 5.69 Å². The minimum absolute atomic E-state index is 0.872. The molecule has 0 fully saturated rings. The summed E-state index contributed by atoms with van der Waals surface area (Å²) in [5.41, 5.74) is 7.81. The zero-order chi connectivity index (χ0) is 17.2. The van der Waals surface area contributed by atoms with Gasteiger partial charge in [-0.15, -0.1) is 5.10 Å². The van der Waals surface area contributed by atoms with Crippen LogP contribution in [0.3, 0.4) is 0 Å². The highest BCUT2D eigenvalue weighted by Gasteiger charge is 2.11. The van der Waals surface area contributed by atoms with Gasteiger partial charge in [-0.3, -0.25) is 0 Å². The van der Waals surface area contributed by atoms with E-state index in [1.54, 1.807) is 0 Å². The molecule has 1 heterocycles. The molecule has 0 atom stereocenters. The lowest BCUT2D eigenvalue weighted by Gasteiger charge is -2.07. The Balaban J connectivity index is 1.76. The van der Waals surface area contributed by atoms with Crippen LogP contribution >= 0.6 is 0 Å². The first-order valence-corrected chi connectivity index (χ1v) is 8.36. The molecular formula is C22H19N3. The van der Waals surface area contributed by atoms with Crippen LogP contribution in [0.5, 0.6) is 0 Å². The van der Waals surface area contributed by atoms with E-state index in [1.165, 1.54) is 22.3 Å². The van der Waals surface area contributed by atoms with E-state index in [4.69, 9.17) is 0 Å². The maximum Gasteiger partial charge on any atom is 0.114 e. The van der Waals surface area contributed by atoms with Crippen LogP contribution in [0, 0.1) is 13.8 Å². The molecule has 0 aliphatic carbocycles. The molecule has 0 N–H and O–H groups in total. The molecule has 0 aliphatic rings. The predicted molar refractivity (Wildman–Crippen MR) is 102 cm³/mol. The third-order valence-corrected chi connectivity index (χ3v) is 4.36. The second-order valence-corrected chi connectivity index (χ2v) is 6.30. The van der Waals surface area contributed by atoms with Gasteiger partial charge in [-0.1, -0.05) is 77.0 Å². The summed E-state index contributed by atoms with van der Waals surface area (Å²) in [5.74, 6) is 0. The number of hydrogen-bond acceptors (Lipinski definition) is 2. The van der Waals surface area contributed by atoms with Crippen LogP contribution in [0.1, 0.15) is 11.1 Å². The molecule has 0 aliphatic heterocycles. The smallest absolute Gasteiger partial charge is 0.114 e. The number of rotatable bonds is 3. The summed E-state index contributed by atoms with van der Waals surface area (Å²) < 4.78 is 1.82. The van der Waals surface area contributed by atoms with Gasteiger partial charge in [0.2, 0.25) is 0 Å². The summed E-state index contributed by atoms with van der Waals surface area (Å²) in [6.07, 6.45) is 1.98. The molecule has 0 amide bonds. The number of aromatic nitrogens is 3. The van der Waals surface area contributed by atoms with Gasteiger partial charge in [0.25, 0.3) is 0 Å². The van der Waals surface area contributed by atoms with Gasteiger partial charge in [-0.05, 0) is 37.1 Å². The second kappa shape index (κ2) is 6.36. The zero-order valence-electron chi connectivity index (χ0n) is 14.3. The van der Waals surface area contributed by atoms with Crippen molar-refractivity contribution in [1.82, 2.24) is 15.0 Å². The summed E-state index contributed by atoms with van der Waals surface area (Å²) in [6, 6.07) is 25.2. The summed E-state index contributed by atoms with van der Waals surface area (Å²) in [6.45, 7) is 4.18. The number of aryl methyl sites for hydroxylation is 2. The van der Waals surface area contributed by atoms with Gasteiger partial charge in [-0.2, -0.15) is 0 Å². The number of benzene rings is 3. The van der Waals surface area contributed by atoms with Crippen molar-refractivity contribution in [2.24, 2.45) is 0 Å². The maximum atomic E-state index is 4.40. The average Bonchev–Trinajstić information content (AvgIpc) is 3.13. The predicted octanol–water partition coefficient (Wildman–Crippen LogP) is 5.22. The van der Waals surface area contributed by atoms with Crippen LogP contribution < -0.4 is 0 Å². The van der Waals surface area contributed by atoms with E-state index in [2.05, 4.69) is 90.9 Å². The van der Waals surface area contributed by atoms with Crippen LogP contribution in [0.15, 0.2) is 79.0 Å². The minimum Gasteiger partial charge on any atom is -0.220 e. The molecule has 4 rings (SSSR count).